The van der Waals surface area contributed by atoms with Crippen LogP contribution in [0.4, 0.5) is 0 Å². The predicted molar refractivity (Wildman–Crippen MR) is 63.2 cm³/mol. The summed E-state index contributed by atoms with van der Waals surface area (Å²) in [6.07, 6.45) is 16.0. The topological polar surface area (TPSA) is 20.2 Å². The minimum Gasteiger partial charge on any atom is -0.389 e. The summed E-state index contributed by atoms with van der Waals surface area (Å²) in [5.41, 5.74) is 0. The van der Waals surface area contributed by atoms with Crippen LogP contribution in [-0.2, 0) is 0 Å². The Morgan fingerprint density at radius 1 is 0.929 bits per heavy atom. The molecule has 1 unspecified atom stereocenters. The number of rotatable bonds is 7. The highest BCUT2D eigenvalue weighted by Gasteiger charge is 1.94. The summed E-state index contributed by atoms with van der Waals surface area (Å²) >= 11 is 0. The zero-order valence-electron chi connectivity index (χ0n) is 9.32. The maximum atomic E-state index is 9.36. The molecule has 0 aromatic carbocycles. The lowest BCUT2D eigenvalue weighted by Crippen LogP contribution is -1.99. The summed E-state index contributed by atoms with van der Waals surface area (Å²) in [4.78, 5) is 0. The van der Waals surface area contributed by atoms with Crippen LogP contribution in [0.25, 0.3) is 0 Å². The summed E-state index contributed by atoms with van der Waals surface area (Å²) in [6.45, 7) is 3.97. The molecule has 1 heteroatoms. The third kappa shape index (κ3) is 9.27. The number of hydrogen-bond donors (Lipinski definition) is 1. The minimum atomic E-state index is -0.278. The fourth-order valence-electron chi connectivity index (χ4n) is 1.18. The van der Waals surface area contributed by atoms with Gasteiger partial charge in [-0.2, -0.15) is 0 Å². The van der Waals surface area contributed by atoms with Gasteiger partial charge >= 0.3 is 0 Å². The average molecular weight is 194 g/mol. The van der Waals surface area contributed by atoms with E-state index in [0.29, 0.717) is 0 Å². The van der Waals surface area contributed by atoms with E-state index in [1.165, 1.54) is 0 Å². The maximum Gasteiger partial charge on any atom is 0.0723 e. The standard InChI is InChI=1S/C13H22O/c1-3-5-6-7-8-9-10-12-13(14)11-4-2/h3-5,8-9,11,13-14H,6-7,10,12H2,1-2H3. The molecule has 0 fully saturated rings. The SMILES string of the molecule is CC=CCCC=CCCC(O)C=CC. The molecule has 14 heavy (non-hydrogen) atoms. The molecule has 0 bridgehead atoms. The van der Waals surface area contributed by atoms with Crippen LogP contribution in [0.5, 0.6) is 0 Å². The van der Waals surface area contributed by atoms with E-state index in [1.54, 1.807) is 0 Å². The highest BCUT2D eigenvalue weighted by Crippen LogP contribution is 2.01. The number of hydrogen-bond acceptors (Lipinski definition) is 1. The van der Waals surface area contributed by atoms with E-state index in [1.807, 2.05) is 26.0 Å². The molecule has 0 amide bonds. The van der Waals surface area contributed by atoms with Crippen LogP contribution < -0.4 is 0 Å². The Morgan fingerprint density at radius 3 is 2.21 bits per heavy atom. The molecule has 0 aliphatic carbocycles. The maximum absolute atomic E-state index is 9.36. The first-order valence-electron chi connectivity index (χ1n) is 5.38. The number of unbranched alkanes of at least 4 members (excludes halogenated alkanes) is 1. The van der Waals surface area contributed by atoms with E-state index < -0.39 is 0 Å². The van der Waals surface area contributed by atoms with Gasteiger partial charge < -0.3 is 5.11 Å². The second-order valence-corrected chi connectivity index (χ2v) is 3.29. The Bertz CT molecular complexity index is 189. The summed E-state index contributed by atoms with van der Waals surface area (Å²) in [6, 6.07) is 0. The molecule has 0 aliphatic heterocycles. The van der Waals surface area contributed by atoms with Crippen molar-refractivity contribution in [1.29, 1.82) is 0 Å². The highest BCUT2D eigenvalue weighted by atomic mass is 16.3. The second kappa shape index (κ2) is 10.3. The van der Waals surface area contributed by atoms with E-state index in [-0.39, 0.29) is 6.10 Å². The van der Waals surface area contributed by atoms with Crippen molar-refractivity contribution in [2.75, 3.05) is 0 Å². The molecule has 0 rings (SSSR count). The van der Waals surface area contributed by atoms with Crippen LogP contribution in [0.15, 0.2) is 36.5 Å². The largest absolute Gasteiger partial charge is 0.389 e. The molecule has 0 saturated carbocycles. The normalized spacial score (nSPS) is 14.8. The van der Waals surface area contributed by atoms with Crippen molar-refractivity contribution in [2.45, 2.75) is 45.6 Å². The van der Waals surface area contributed by atoms with E-state index >= 15 is 0 Å². The minimum absolute atomic E-state index is 0.278. The van der Waals surface area contributed by atoms with Crippen LogP contribution in [0.2, 0.25) is 0 Å². The average Bonchev–Trinajstić information content (AvgIpc) is 2.17. The van der Waals surface area contributed by atoms with Gasteiger partial charge in [-0.1, -0.05) is 36.5 Å². The van der Waals surface area contributed by atoms with E-state index in [2.05, 4.69) is 24.3 Å². The van der Waals surface area contributed by atoms with Crippen molar-refractivity contribution >= 4 is 0 Å². The first kappa shape index (κ1) is 13.2. The van der Waals surface area contributed by atoms with Gasteiger partial charge in [0.1, 0.15) is 0 Å². The molecular formula is C13H22O. The van der Waals surface area contributed by atoms with Crippen LogP contribution >= 0.6 is 0 Å². The van der Waals surface area contributed by atoms with Gasteiger partial charge in [0.2, 0.25) is 0 Å². The number of aliphatic hydroxyl groups excluding tert-OH is 1. The molecule has 0 saturated heterocycles. The van der Waals surface area contributed by atoms with Crippen molar-refractivity contribution < 1.29 is 5.11 Å². The summed E-state index contributed by atoms with van der Waals surface area (Å²) in [7, 11) is 0. The van der Waals surface area contributed by atoms with Gasteiger partial charge in [0.05, 0.1) is 6.10 Å². The lowest BCUT2D eigenvalue weighted by atomic mass is 10.1. The monoisotopic (exact) mass is 194 g/mol. The van der Waals surface area contributed by atoms with Gasteiger partial charge in [-0.15, -0.1) is 0 Å². The third-order valence-corrected chi connectivity index (χ3v) is 1.95. The fourth-order valence-corrected chi connectivity index (χ4v) is 1.18. The highest BCUT2D eigenvalue weighted by molar-refractivity contribution is 4.90. The molecular weight excluding hydrogens is 172 g/mol. The lowest BCUT2D eigenvalue weighted by Gasteiger charge is -2.00. The molecule has 1 N–H and O–H groups in total. The molecule has 0 aromatic heterocycles. The second-order valence-electron chi connectivity index (χ2n) is 3.29. The molecule has 0 heterocycles. The zero-order valence-corrected chi connectivity index (χ0v) is 9.32. The number of allylic oxidation sites excluding steroid dienone is 5. The Labute approximate surface area is 87.8 Å². The molecule has 1 atom stereocenters. The Morgan fingerprint density at radius 2 is 1.57 bits per heavy atom. The quantitative estimate of drug-likeness (QED) is 0.485. The lowest BCUT2D eigenvalue weighted by molar-refractivity contribution is 0.214. The van der Waals surface area contributed by atoms with Crippen LogP contribution in [0, 0.1) is 0 Å². The van der Waals surface area contributed by atoms with Gasteiger partial charge in [-0.05, 0) is 39.5 Å². The first-order chi connectivity index (χ1) is 6.81. The molecule has 0 spiro atoms. The Hall–Kier alpha value is -0.820. The summed E-state index contributed by atoms with van der Waals surface area (Å²) < 4.78 is 0. The van der Waals surface area contributed by atoms with Gasteiger partial charge in [0.15, 0.2) is 0 Å². The molecule has 0 radical (unpaired) electrons. The summed E-state index contributed by atoms with van der Waals surface area (Å²) in [5.74, 6) is 0. The van der Waals surface area contributed by atoms with Crippen LogP contribution in [0.3, 0.4) is 0 Å². The third-order valence-electron chi connectivity index (χ3n) is 1.95. The van der Waals surface area contributed by atoms with Gasteiger partial charge in [-0.25, -0.2) is 0 Å². The smallest absolute Gasteiger partial charge is 0.0723 e. The zero-order chi connectivity index (χ0) is 10.6. The van der Waals surface area contributed by atoms with E-state index in [9.17, 15) is 5.11 Å². The molecule has 0 aromatic rings. The molecule has 1 nitrogen and oxygen atoms in total. The van der Waals surface area contributed by atoms with Crippen molar-refractivity contribution in [2.24, 2.45) is 0 Å². The van der Waals surface area contributed by atoms with E-state index in [4.69, 9.17) is 0 Å². The fraction of sp³-hybridized carbons (Fsp3) is 0.538. The number of aliphatic hydroxyl groups is 1. The van der Waals surface area contributed by atoms with Gasteiger partial charge in [-0.3, -0.25) is 0 Å². The first-order valence-corrected chi connectivity index (χ1v) is 5.38. The van der Waals surface area contributed by atoms with Crippen molar-refractivity contribution in [1.82, 2.24) is 0 Å². The molecule has 80 valence electrons. The van der Waals surface area contributed by atoms with Crippen molar-refractivity contribution in [3.05, 3.63) is 36.5 Å². The van der Waals surface area contributed by atoms with Gasteiger partial charge in [0.25, 0.3) is 0 Å². The Kier molecular flexibility index (Phi) is 9.66. The van der Waals surface area contributed by atoms with Crippen LogP contribution in [-0.4, -0.2) is 11.2 Å². The van der Waals surface area contributed by atoms with E-state index in [0.717, 1.165) is 25.7 Å². The van der Waals surface area contributed by atoms with Crippen molar-refractivity contribution in [3.8, 4) is 0 Å². The van der Waals surface area contributed by atoms with Crippen LogP contribution in [0.1, 0.15) is 39.5 Å². The predicted octanol–water partition coefficient (Wildman–Crippen LogP) is 3.62. The van der Waals surface area contributed by atoms with Crippen molar-refractivity contribution in [3.63, 3.8) is 0 Å². The van der Waals surface area contributed by atoms with Gasteiger partial charge in [0, 0.05) is 0 Å². The Balaban J connectivity index is 3.34. The molecule has 0 aliphatic rings. The summed E-state index contributed by atoms with van der Waals surface area (Å²) in [5, 5.41) is 9.36.